The van der Waals surface area contributed by atoms with Gasteiger partial charge >= 0.3 is 12.2 Å². The van der Waals surface area contributed by atoms with Gasteiger partial charge in [-0.25, -0.2) is 9.59 Å². The molecule has 0 heterocycles. The maximum Gasteiger partial charge on any atom is 0.407 e. The van der Waals surface area contributed by atoms with Gasteiger partial charge in [0.05, 0.1) is 13.2 Å². The van der Waals surface area contributed by atoms with Gasteiger partial charge in [-0.3, -0.25) is 0 Å². The number of rotatable bonds is 45. The zero-order valence-corrected chi connectivity index (χ0v) is 36.7. The van der Waals surface area contributed by atoms with Crippen molar-refractivity contribution in [1.29, 1.82) is 0 Å². The predicted octanol–water partition coefficient (Wildman–Crippen LogP) is 16.1. The van der Waals surface area contributed by atoms with E-state index in [0.29, 0.717) is 26.3 Å². The first-order valence-electron chi connectivity index (χ1n) is 24.5. The van der Waals surface area contributed by atoms with Gasteiger partial charge in [-0.15, -0.1) is 0 Å². The maximum atomic E-state index is 11.9. The molecule has 6 nitrogen and oxygen atoms in total. The fourth-order valence-corrected chi connectivity index (χ4v) is 7.42. The molecule has 54 heavy (non-hydrogen) atoms. The average molecular weight is 765 g/mol. The van der Waals surface area contributed by atoms with E-state index in [4.69, 9.17) is 9.47 Å². The van der Waals surface area contributed by atoms with Crippen molar-refractivity contribution < 1.29 is 19.1 Å². The van der Waals surface area contributed by atoms with Crippen molar-refractivity contribution in [3.63, 3.8) is 0 Å². The molecule has 0 radical (unpaired) electrons. The van der Waals surface area contributed by atoms with Crippen LogP contribution in [0, 0.1) is 0 Å². The van der Waals surface area contributed by atoms with E-state index in [-0.39, 0.29) is 12.2 Å². The number of ether oxygens (including phenoxy) is 2. The standard InChI is InChI=1S/C48H96N2O4/c1-3-5-7-9-11-13-15-17-19-21-23-25-27-29-31-33-37-41-45-53-47(51)49-43-39-35-36-40-44-50-48(52)54-46-42-38-34-32-30-28-26-24-22-20-18-16-14-12-10-8-6-4-2/h3-46H2,1-2H3,(H,49,51)(H,50,52). The molecular formula is C48H96N2O4. The van der Waals surface area contributed by atoms with Crippen molar-refractivity contribution in [3.8, 4) is 0 Å². The first kappa shape index (κ1) is 52.5. The molecule has 0 rings (SSSR count). The zero-order chi connectivity index (χ0) is 39.1. The summed E-state index contributed by atoms with van der Waals surface area (Å²) < 4.78 is 10.7. The van der Waals surface area contributed by atoms with Crippen LogP contribution in [0.1, 0.15) is 271 Å². The fraction of sp³-hybridized carbons (Fsp3) is 0.958. The Kier molecular flexibility index (Phi) is 46.4. The van der Waals surface area contributed by atoms with Crippen LogP contribution in [0.5, 0.6) is 0 Å². The lowest BCUT2D eigenvalue weighted by Crippen LogP contribution is -2.26. The van der Waals surface area contributed by atoms with Crippen LogP contribution < -0.4 is 10.6 Å². The monoisotopic (exact) mass is 765 g/mol. The molecule has 0 aliphatic carbocycles. The number of hydrogen-bond acceptors (Lipinski definition) is 4. The van der Waals surface area contributed by atoms with E-state index >= 15 is 0 Å². The Bertz CT molecular complexity index is 674. The lowest BCUT2D eigenvalue weighted by Gasteiger charge is -2.08. The number of carbonyl (C=O) groups excluding carboxylic acids is 2. The molecule has 0 aromatic rings. The Morgan fingerprint density at radius 3 is 0.685 bits per heavy atom. The van der Waals surface area contributed by atoms with Crippen molar-refractivity contribution in [2.75, 3.05) is 26.3 Å². The van der Waals surface area contributed by atoms with Gasteiger partial charge in [0, 0.05) is 13.1 Å². The normalized spacial score (nSPS) is 11.2. The van der Waals surface area contributed by atoms with Gasteiger partial charge in [0.1, 0.15) is 0 Å². The summed E-state index contributed by atoms with van der Waals surface area (Å²) in [6.07, 6.45) is 52.2. The van der Waals surface area contributed by atoms with Crippen LogP contribution in [0.15, 0.2) is 0 Å². The third kappa shape index (κ3) is 46.7. The topological polar surface area (TPSA) is 76.7 Å². The molecule has 0 aromatic carbocycles. The Labute approximate surface area is 338 Å². The summed E-state index contributed by atoms with van der Waals surface area (Å²) in [7, 11) is 0. The minimum atomic E-state index is -0.291. The van der Waals surface area contributed by atoms with E-state index < -0.39 is 0 Å². The number of unbranched alkanes of at least 4 members (excludes halogenated alkanes) is 37. The molecule has 0 spiro atoms. The summed E-state index contributed by atoms with van der Waals surface area (Å²) in [6.45, 7) is 6.91. The lowest BCUT2D eigenvalue weighted by atomic mass is 10.0. The van der Waals surface area contributed by atoms with Crippen LogP contribution in [-0.2, 0) is 9.47 Å². The zero-order valence-electron chi connectivity index (χ0n) is 36.7. The Balaban J connectivity index is 3.23. The highest BCUT2D eigenvalue weighted by molar-refractivity contribution is 5.67. The second-order valence-electron chi connectivity index (χ2n) is 16.6. The van der Waals surface area contributed by atoms with Crippen molar-refractivity contribution in [2.24, 2.45) is 0 Å². The molecule has 322 valence electrons. The van der Waals surface area contributed by atoms with Crippen LogP contribution in [0.2, 0.25) is 0 Å². The van der Waals surface area contributed by atoms with Gasteiger partial charge in [0.2, 0.25) is 0 Å². The highest BCUT2D eigenvalue weighted by atomic mass is 16.6. The van der Waals surface area contributed by atoms with Gasteiger partial charge < -0.3 is 20.1 Å². The van der Waals surface area contributed by atoms with E-state index in [1.54, 1.807) is 0 Å². The van der Waals surface area contributed by atoms with Crippen LogP contribution >= 0.6 is 0 Å². The molecule has 0 saturated carbocycles. The third-order valence-corrected chi connectivity index (χ3v) is 11.1. The van der Waals surface area contributed by atoms with Crippen LogP contribution in [0.4, 0.5) is 9.59 Å². The van der Waals surface area contributed by atoms with Crippen LogP contribution in [-0.4, -0.2) is 38.5 Å². The number of alkyl carbamates (subject to hydrolysis) is 2. The second-order valence-corrected chi connectivity index (χ2v) is 16.6. The summed E-state index contributed by atoms with van der Waals surface area (Å²) in [4.78, 5) is 23.8. The SMILES string of the molecule is CCCCCCCCCCCCCCCCCCCCOC(=O)NCCCCCCNC(=O)OCCCCCCCCCCCCCCCCCCCC. The summed E-state index contributed by atoms with van der Waals surface area (Å²) >= 11 is 0. The molecular weight excluding hydrogens is 669 g/mol. The molecule has 0 unspecified atom stereocenters. The molecule has 0 aromatic heterocycles. The van der Waals surface area contributed by atoms with Gasteiger partial charge in [0.15, 0.2) is 0 Å². The number of nitrogens with one attached hydrogen (secondary N) is 2. The average Bonchev–Trinajstić information content (AvgIpc) is 3.17. The highest BCUT2D eigenvalue weighted by Gasteiger charge is 2.03. The molecule has 2 N–H and O–H groups in total. The quantitative estimate of drug-likeness (QED) is 0.0606. The molecule has 0 aliphatic rings. The Morgan fingerprint density at radius 2 is 0.463 bits per heavy atom. The third-order valence-electron chi connectivity index (χ3n) is 11.1. The first-order chi connectivity index (χ1) is 26.7. The molecule has 2 amide bonds. The smallest absolute Gasteiger partial charge is 0.407 e. The molecule has 0 bridgehead atoms. The lowest BCUT2D eigenvalue weighted by molar-refractivity contribution is 0.142. The first-order valence-corrected chi connectivity index (χ1v) is 24.5. The van der Waals surface area contributed by atoms with Gasteiger partial charge in [-0.05, 0) is 25.7 Å². The fourth-order valence-electron chi connectivity index (χ4n) is 7.42. The van der Waals surface area contributed by atoms with Crippen molar-refractivity contribution in [2.45, 2.75) is 271 Å². The molecule has 6 heteroatoms. The van der Waals surface area contributed by atoms with Crippen LogP contribution in [0.25, 0.3) is 0 Å². The minimum Gasteiger partial charge on any atom is -0.450 e. The van der Waals surface area contributed by atoms with E-state index in [1.165, 1.54) is 205 Å². The van der Waals surface area contributed by atoms with Crippen LogP contribution in [0.3, 0.4) is 0 Å². The van der Waals surface area contributed by atoms with E-state index in [1.807, 2.05) is 0 Å². The van der Waals surface area contributed by atoms with Crippen molar-refractivity contribution in [3.05, 3.63) is 0 Å². The summed E-state index contributed by atoms with van der Waals surface area (Å²) in [5, 5.41) is 5.73. The summed E-state index contributed by atoms with van der Waals surface area (Å²) in [6, 6.07) is 0. The van der Waals surface area contributed by atoms with Gasteiger partial charge in [0.25, 0.3) is 0 Å². The molecule has 0 atom stereocenters. The predicted molar refractivity (Wildman–Crippen MR) is 235 cm³/mol. The molecule has 0 saturated heterocycles. The summed E-state index contributed by atoms with van der Waals surface area (Å²) in [5.41, 5.74) is 0. The van der Waals surface area contributed by atoms with E-state index in [9.17, 15) is 9.59 Å². The largest absolute Gasteiger partial charge is 0.450 e. The van der Waals surface area contributed by atoms with E-state index in [2.05, 4.69) is 24.5 Å². The van der Waals surface area contributed by atoms with Crippen molar-refractivity contribution >= 4 is 12.2 Å². The highest BCUT2D eigenvalue weighted by Crippen LogP contribution is 2.16. The maximum absolute atomic E-state index is 11.9. The van der Waals surface area contributed by atoms with E-state index in [0.717, 1.165) is 51.4 Å². The van der Waals surface area contributed by atoms with Crippen molar-refractivity contribution in [1.82, 2.24) is 10.6 Å². The Hall–Kier alpha value is -1.46. The second kappa shape index (κ2) is 47.7. The minimum absolute atomic E-state index is 0.291. The van der Waals surface area contributed by atoms with Gasteiger partial charge in [-0.1, -0.05) is 245 Å². The Morgan fingerprint density at radius 1 is 0.278 bits per heavy atom. The van der Waals surface area contributed by atoms with Gasteiger partial charge in [-0.2, -0.15) is 0 Å². The number of amides is 2. The number of hydrogen-bond donors (Lipinski definition) is 2. The summed E-state index contributed by atoms with van der Waals surface area (Å²) in [5.74, 6) is 0. The molecule has 0 aliphatic heterocycles. The number of carbonyl (C=O) groups is 2. The molecule has 0 fully saturated rings.